The van der Waals surface area contributed by atoms with E-state index in [1.54, 1.807) is 0 Å². The second kappa shape index (κ2) is 3.68. The van der Waals surface area contributed by atoms with Crippen LogP contribution in [0.5, 0.6) is 5.75 Å². The molecule has 0 aromatic heterocycles. The predicted octanol–water partition coefficient (Wildman–Crippen LogP) is 2.27. The third-order valence-corrected chi connectivity index (χ3v) is 3.02. The van der Waals surface area contributed by atoms with Gasteiger partial charge in [-0.05, 0) is 18.9 Å². The maximum Gasteiger partial charge on any atom is 0.129 e. The van der Waals surface area contributed by atoms with Crippen LogP contribution in [0.15, 0.2) is 16.6 Å². The van der Waals surface area contributed by atoms with Gasteiger partial charge in [-0.1, -0.05) is 22.0 Å². The summed E-state index contributed by atoms with van der Waals surface area (Å²) < 4.78 is 6.62. The molecular formula is C10H11BrO2. The van der Waals surface area contributed by atoms with Crippen LogP contribution in [0, 0.1) is 0 Å². The molecule has 1 aromatic carbocycles. The lowest BCUT2D eigenvalue weighted by atomic mass is 10.0. The summed E-state index contributed by atoms with van der Waals surface area (Å²) in [5.74, 6) is 0.878. The van der Waals surface area contributed by atoms with Gasteiger partial charge < -0.3 is 9.84 Å². The highest BCUT2D eigenvalue weighted by molar-refractivity contribution is 9.10. The van der Waals surface area contributed by atoms with Crippen LogP contribution in [0.4, 0.5) is 0 Å². The number of rotatable bonds is 1. The number of fused-ring (bicyclic) bond motifs is 1. The van der Waals surface area contributed by atoms with Gasteiger partial charge in [-0.3, -0.25) is 0 Å². The van der Waals surface area contributed by atoms with Gasteiger partial charge in [0.2, 0.25) is 0 Å². The number of aliphatic hydroxyl groups excluding tert-OH is 1. The van der Waals surface area contributed by atoms with Crippen LogP contribution >= 0.6 is 15.9 Å². The van der Waals surface area contributed by atoms with Crippen LogP contribution in [-0.2, 0) is 13.0 Å². The van der Waals surface area contributed by atoms with Gasteiger partial charge in [-0.15, -0.1) is 0 Å². The van der Waals surface area contributed by atoms with Gasteiger partial charge in [0.1, 0.15) is 5.75 Å². The zero-order valence-electron chi connectivity index (χ0n) is 7.22. The fourth-order valence-electron chi connectivity index (χ4n) is 1.61. The Morgan fingerprint density at radius 3 is 3.08 bits per heavy atom. The summed E-state index contributed by atoms with van der Waals surface area (Å²) in [6.07, 6.45) is 2.09. The van der Waals surface area contributed by atoms with Crippen LogP contribution in [-0.4, -0.2) is 11.7 Å². The van der Waals surface area contributed by atoms with Crippen molar-refractivity contribution >= 4 is 15.9 Å². The summed E-state index contributed by atoms with van der Waals surface area (Å²) >= 11 is 3.48. The molecule has 0 aliphatic carbocycles. The lowest BCUT2D eigenvalue weighted by Crippen LogP contribution is -2.11. The summed E-state index contributed by atoms with van der Waals surface area (Å²) in [7, 11) is 0. The minimum absolute atomic E-state index is 0.0512. The van der Waals surface area contributed by atoms with Gasteiger partial charge in [0.15, 0.2) is 0 Å². The topological polar surface area (TPSA) is 29.5 Å². The Bertz CT molecular complexity index is 323. The first-order chi connectivity index (χ1) is 6.33. The molecule has 13 heavy (non-hydrogen) atoms. The highest BCUT2D eigenvalue weighted by Crippen LogP contribution is 2.34. The molecule has 0 saturated heterocycles. The predicted molar refractivity (Wildman–Crippen MR) is 53.9 cm³/mol. The van der Waals surface area contributed by atoms with Crippen molar-refractivity contribution in [3.8, 4) is 5.75 Å². The number of hydrogen-bond donors (Lipinski definition) is 1. The maximum absolute atomic E-state index is 9.09. The molecule has 0 bridgehead atoms. The normalized spacial score (nSPS) is 14.9. The van der Waals surface area contributed by atoms with Crippen molar-refractivity contribution in [3.05, 3.63) is 27.7 Å². The average molecular weight is 243 g/mol. The first kappa shape index (κ1) is 9.03. The van der Waals surface area contributed by atoms with E-state index >= 15 is 0 Å². The number of halogens is 1. The molecule has 0 amide bonds. The first-order valence-electron chi connectivity index (χ1n) is 4.37. The Morgan fingerprint density at radius 2 is 2.31 bits per heavy atom. The Morgan fingerprint density at radius 1 is 1.46 bits per heavy atom. The molecule has 1 aliphatic rings. The van der Waals surface area contributed by atoms with Crippen molar-refractivity contribution in [2.24, 2.45) is 0 Å². The number of ether oxygens (including phenoxy) is 1. The fraction of sp³-hybridized carbons (Fsp3) is 0.400. The minimum Gasteiger partial charge on any atom is -0.493 e. The van der Waals surface area contributed by atoms with E-state index in [1.807, 2.05) is 12.1 Å². The first-order valence-corrected chi connectivity index (χ1v) is 5.16. The zero-order valence-corrected chi connectivity index (χ0v) is 8.80. The Kier molecular flexibility index (Phi) is 2.56. The smallest absolute Gasteiger partial charge is 0.129 e. The molecule has 2 nitrogen and oxygen atoms in total. The van der Waals surface area contributed by atoms with E-state index in [4.69, 9.17) is 9.84 Å². The summed E-state index contributed by atoms with van der Waals surface area (Å²) in [6.45, 7) is 0.812. The SMILES string of the molecule is OCc1ccc(Br)c2c1OCCC2. The molecule has 0 atom stereocenters. The van der Waals surface area contributed by atoms with Gasteiger partial charge in [0.05, 0.1) is 13.2 Å². The molecule has 0 unspecified atom stereocenters. The van der Waals surface area contributed by atoms with Gasteiger partial charge in [-0.25, -0.2) is 0 Å². The summed E-state index contributed by atoms with van der Waals surface area (Å²) in [6, 6.07) is 3.87. The molecule has 0 radical (unpaired) electrons. The molecule has 1 aromatic rings. The Labute approximate surface area is 85.7 Å². The van der Waals surface area contributed by atoms with E-state index in [2.05, 4.69) is 15.9 Å². The van der Waals surface area contributed by atoms with Crippen LogP contribution in [0.3, 0.4) is 0 Å². The standard InChI is InChI=1S/C10H11BrO2/c11-9-4-3-7(6-12)10-8(9)2-1-5-13-10/h3-4,12H,1-2,5-6H2. The molecule has 0 fully saturated rings. The van der Waals surface area contributed by atoms with E-state index in [1.165, 1.54) is 5.56 Å². The van der Waals surface area contributed by atoms with Crippen molar-refractivity contribution in [1.82, 2.24) is 0 Å². The highest BCUT2D eigenvalue weighted by Gasteiger charge is 2.16. The van der Waals surface area contributed by atoms with E-state index < -0.39 is 0 Å². The average Bonchev–Trinajstić information content (AvgIpc) is 2.19. The van der Waals surface area contributed by atoms with Crippen LogP contribution in [0.25, 0.3) is 0 Å². The number of hydrogen-bond acceptors (Lipinski definition) is 2. The molecular weight excluding hydrogens is 232 g/mol. The molecule has 0 saturated carbocycles. The largest absolute Gasteiger partial charge is 0.493 e. The number of benzene rings is 1. The molecule has 0 spiro atoms. The molecule has 2 rings (SSSR count). The van der Waals surface area contributed by atoms with Gasteiger partial charge in [-0.2, -0.15) is 0 Å². The Balaban J connectivity index is 2.52. The van der Waals surface area contributed by atoms with E-state index in [9.17, 15) is 0 Å². The summed E-state index contributed by atoms with van der Waals surface area (Å²) in [5, 5.41) is 9.09. The highest BCUT2D eigenvalue weighted by atomic mass is 79.9. The zero-order chi connectivity index (χ0) is 9.26. The lowest BCUT2D eigenvalue weighted by molar-refractivity contribution is 0.251. The van der Waals surface area contributed by atoms with Crippen molar-refractivity contribution in [2.75, 3.05) is 6.61 Å². The third-order valence-electron chi connectivity index (χ3n) is 2.27. The molecule has 1 N–H and O–H groups in total. The van der Waals surface area contributed by atoms with Crippen LogP contribution < -0.4 is 4.74 Å². The number of aliphatic hydroxyl groups is 1. The minimum atomic E-state index is 0.0512. The van der Waals surface area contributed by atoms with Crippen molar-refractivity contribution < 1.29 is 9.84 Å². The van der Waals surface area contributed by atoms with E-state index in [0.29, 0.717) is 0 Å². The summed E-state index contributed by atoms with van der Waals surface area (Å²) in [4.78, 5) is 0. The molecule has 3 heteroatoms. The Hall–Kier alpha value is -0.540. The van der Waals surface area contributed by atoms with Crippen molar-refractivity contribution in [3.63, 3.8) is 0 Å². The van der Waals surface area contributed by atoms with E-state index in [-0.39, 0.29) is 6.61 Å². The quantitative estimate of drug-likeness (QED) is 0.819. The summed E-state index contributed by atoms with van der Waals surface area (Å²) in [5.41, 5.74) is 2.08. The molecule has 70 valence electrons. The van der Waals surface area contributed by atoms with Gasteiger partial charge in [0.25, 0.3) is 0 Å². The third kappa shape index (κ3) is 1.58. The van der Waals surface area contributed by atoms with Crippen molar-refractivity contribution in [2.45, 2.75) is 19.4 Å². The fourth-order valence-corrected chi connectivity index (χ4v) is 2.12. The second-order valence-electron chi connectivity index (χ2n) is 3.12. The maximum atomic E-state index is 9.09. The monoisotopic (exact) mass is 242 g/mol. The van der Waals surface area contributed by atoms with Gasteiger partial charge in [0, 0.05) is 15.6 Å². The van der Waals surface area contributed by atoms with E-state index in [0.717, 1.165) is 35.2 Å². The molecule has 1 aliphatic heterocycles. The molecule has 1 heterocycles. The van der Waals surface area contributed by atoms with Crippen LogP contribution in [0.1, 0.15) is 17.5 Å². The second-order valence-corrected chi connectivity index (χ2v) is 3.98. The van der Waals surface area contributed by atoms with Crippen LogP contribution in [0.2, 0.25) is 0 Å². The lowest BCUT2D eigenvalue weighted by Gasteiger charge is -2.20. The van der Waals surface area contributed by atoms with Gasteiger partial charge >= 0.3 is 0 Å². The van der Waals surface area contributed by atoms with Crippen molar-refractivity contribution in [1.29, 1.82) is 0 Å².